The summed E-state index contributed by atoms with van der Waals surface area (Å²) in [6.07, 6.45) is 4.47. The molecular weight excluding hydrogens is 278 g/mol. The molecule has 1 unspecified atom stereocenters. The van der Waals surface area contributed by atoms with Crippen LogP contribution in [0.25, 0.3) is 6.08 Å². The van der Waals surface area contributed by atoms with Crippen LogP contribution in [0, 0.1) is 5.92 Å². The molecule has 0 saturated carbocycles. The van der Waals surface area contributed by atoms with Gasteiger partial charge in [0.1, 0.15) is 0 Å². The molecule has 20 heavy (non-hydrogen) atoms. The number of rotatable bonds is 3. The van der Waals surface area contributed by atoms with Crippen LogP contribution in [-0.4, -0.2) is 35.0 Å². The molecule has 1 N–H and O–H groups in total. The summed E-state index contributed by atoms with van der Waals surface area (Å²) in [5.41, 5.74) is 0.773. The highest BCUT2D eigenvalue weighted by molar-refractivity contribution is 6.32. The van der Waals surface area contributed by atoms with Crippen molar-refractivity contribution in [3.05, 3.63) is 40.9 Å². The second-order valence-corrected chi connectivity index (χ2v) is 5.22. The van der Waals surface area contributed by atoms with Crippen molar-refractivity contribution >= 4 is 29.6 Å². The Morgan fingerprint density at radius 1 is 1.35 bits per heavy atom. The Morgan fingerprint density at radius 2 is 2.10 bits per heavy atom. The van der Waals surface area contributed by atoms with E-state index in [1.165, 1.54) is 6.08 Å². The summed E-state index contributed by atoms with van der Waals surface area (Å²) in [5, 5.41) is 9.59. The number of carboxylic acids is 1. The smallest absolute Gasteiger partial charge is 0.308 e. The molecule has 0 aliphatic carbocycles. The van der Waals surface area contributed by atoms with Crippen molar-refractivity contribution in [2.45, 2.75) is 12.8 Å². The number of aliphatic carboxylic acids is 1. The minimum Gasteiger partial charge on any atom is -0.481 e. The number of hydrogen-bond acceptors (Lipinski definition) is 2. The van der Waals surface area contributed by atoms with Crippen LogP contribution in [0.2, 0.25) is 5.02 Å². The number of hydrogen-bond donors (Lipinski definition) is 1. The molecule has 2 rings (SSSR count). The lowest BCUT2D eigenvalue weighted by atomic mass is 9.98. The van der Waals surface area contributed by atoms with Crippen molar-refractivity contribution < 1.29 is 14.7 Å². The molecule has 106 valence electrons. The number of carbonyl (C=O) groups excluding carboxylic acids is 1. The lowest BCUT2D eigenvalue weighted by Gasteiger charge is -2.29. The van der Waals surface area contributed by atoms with E-state index in [-0.39, 0.29) is 12.5 Å². The maximum Gasteiger partial charge on any atom is 0.308 e. The fourth-order valence-electron chi connectivity index (χ4n) is 2.26. The first-order valence-corrected chi connectivity index (χ1v) is 6.90. The van der Waals surface area contributed by atoms with Crippen LogP contribution < -0.4 is 0 Å². The molecule has 0 spiro atoms. The fraction of sp³-hybridized carbons (Fsp3) is 0.333. The molecule has 1 saturated heterocycles. The van der Waals surface area contributed by atoms with Crippen LogP contribution in [0.5, 0.6) is 0 Å². The van der Waals surface area contributed by atoms with Gasteiger partial charge in [0.15, 0.2) is 0 Å². The molecule has 1 fully saturated rings. The Kier molecular flexibility index (Phi) is 4.79. The first-order valence-electron chi connectivity index (χ1n) is 6.52. The van der Waals surface area contributed by atoms with Gasteiger partial charge in [0.2, 0.25) is 5.91 Å². The number of carbonyl (C=O) groups is 2. The molecule has 1 aromatic rings. The predicted octanol–water partition coefficient (Wildman–Crippen LogP) is 2.68. The number of piperidine rings is 1. The van der Waals surface area contributed by atoms with Gasteiger partial charge in [0.25, 0.3) is 0 Å². The molecule has 1 aliphatic rings. The molecule has 1 amide bonds. The Labute approximate surface area is 122 Å². The Balaban J connectivity index is 2.01. The van der Waals surface area contributed by atoms with Gasteiger partial charge in [-0.1, -0.05) is 29.8 Å². The lowest BCUT2D eigenvalue weighted by molar-refractivity contribution is -0.144. The van der Waals surface area contributed by atoms with E-state index in [1.807, 2.05) is 18.2 Å². The average Bonchev–Trinajstić information content (AvgIpc) is 2.46. The fourth-order valence-corrected chi connectivity index (χ4v) is 2.45. The van der Waals surface area contributed by atoms with Crippen molar-refractivity contribution in [3.63, 3.8) is 0 Å². The van der Waals surface area contributed by atoms with E-state index in [2.05, 4.69) is 0 Å². The van der Waals surface area contributed by atoms with Gasteiger partial charge in [-0.3, -0.25) is 9.59 Å². The quantitative estimate of drug-likeness (QED) is 0.872. The van der Waals surface area contributed by atoms with E-state index in [0.717, 1.165) is 12.0 Å². The van der Waals surface area contributed by atoms with E-state index in [9.17, 15) is 9.59 Å². The van der Waals surface area contributed by atoms with E-state index in [0.29, 0.717) is 18.0 Å². The summed E-state index contributed by atoms with van der Waals surface area (Å²) in [6, 6.07) is 7.25. The van der Waals surface area contributed by atoms with Gasteiger partial charge < -0.3 is 10.0 Å². The second-order valence-electron chi connectivity index (χ2n) is 4.82. The first kappa shape index (κ1) is 14.6. The molecule has 1 atom stereocenters. The van der Waals surface area contributed by atoms with Crippen molar-refractivity contribution in [3.8, 4) is 0 Å². The highest BCUT2D eigenvalue weighted by Gasteiger charge is 2.27. The summed E-state index contributed by atoms with van der Waals surface area (Å²) in [6.45, 7) is 0.885. The monoisotopic (exact) mass is 293 g/mol. The predicted molar refractivity (Wildman–Crippen MR) is 77.4 cm³/mol. The zero-order valence-electron chi connectivity index (χ0n) is 11.0. The van der Waals surface area contributed by atoms with Gasteiger partial charge in [-0.05, 0) is 30.5 Å². The van der Waals surface area contributed by atoms with Gasteiger partial charge in [-0.15, -0.1) is 0 Å². The minimum atomic E-state index is -0.836. The van der Waals surface area contributed by atoms with E-state index >= 15 is 0 Å². The molecule has 0 aromatic heterocycles. The SMILES string of the molecule is O=C(O)C1CCCN(C(=O)C=Cc2ccccc2Cl)C1. The van der Waals surface area contributed by atoms with E-state index in [1.54, 1.807) is 17.0 Å². The lowest BCUT2D eigenvalue weighted by Crippen LogP contribution is -2.41. The van der Waals surface area contributed by atoms with Crippen molar-refractivity contribution in [2.24, 2.45) is 5.92 Å². The van der Waals surface area contributed by atoms with Crippen LogP contribution in [0.15, 0.2) is 30.3 Å². The van der Waals surface area contributed by atoms with Crippen molar-refractivity contribution in [2.75, 3.05) is 13.1 Å². The molecule has 0 bridgehead atoms. The summed E-state index contributed by atoms with van der Waals surface area (Å²) in [4.78, 5) is 24.6. The third-order valence-corrected chi connectivity index (χ3v) is 3.74. The van der Waals surface area contributed by atoms with Gasteiger partial charge in [-0.2, -0.15) is 0 Å². The largest absolute Gasteiger partial charge is 0.481 e. The zero-order chi connectivity index (χ0) is 14.5. The summed E-state index contributed by atoms with van der Waals surface area (Å²) < 4.78 is 0. The van der Waals surface area contributed by atoms with Crippen LogP contribution in [0.3, 0.4) is 0 Å². The maximum atomic E-state index is 12.1. The molecular formula is C15H16ClNO3. The number of likely N-dealkylation sites (tertiary alicyclic amines) is 1. The van der Waals surface area contributed by atoms with Crippen LogP contribution in [0.1, 0.15) is 18.4 Å². The van der Waals surface area contributed by atoms with Crippen LogP contribution in [0.4, 0.5) is 0 Å². The minimum absolute atomic E-state index is 0.170. The average molecular weight is 294 g/mol. The van der Waals surface area contributed by atoms with E-state index < -0.39 is 11.9 Å². The maximum absolute atomic E-state index is 12.1. The topological polar surface area (TPSA) is 57.6 Å². The Morgan fingerprint density at radius 3 is 2.80 bits per heavy atom. The van der Waals surface area contributed by atoms with Gasteiger partial charge in [0, 0.05) is 24.2 Å². The number of nitrogens with zero attached hydrogens (tertiary/aromatic N) is 1. The van der Waals surface area contributed by atoms with Crippen LogP contribution in [-0.2, 0) is 9.59 Å². The normalized spacial score (nSPS) is 19.2. The zero-order valence-corrected chi connectivity index (χ0v) is 11.7. The molecule has 5 heteroatoms. The van der Waals surface area contributed by atoms with E-state index in [4.69, 9.17) is 16.7 Å². The third-order valence-electron chi connectivity index (χ3n) is 3.39. The molecule has 1 aliphatic heterocycles. The number of amides is 1. The van der Waals surface area contributed by atoms with Gasteiger partial charge in [0.05, 0.1) is 5.92 Å². The molecule has 4 nitrogen and oxygen atoms in total. The third kappa shape index (κ3) is 3.61. The number of benzene rings is 1. The highest BCUT2D eigenvalue weighted by Crippen LogP contribution is 2.19. The van der Waals surface area contributed by atoms with Crippen molar-refractivity contribution in [1.29, 1.82) is 0 Å². The summed E-state index contributed by atoms with van der Waals surface area (Å²) >= 11 is 6.00. The number of halogens is 1. The first-order chi connectivity index (χ1) is 9.58. The standard InChI is InChI=1S/C15H16ClNO3/c16-13-6-2-1-4-11(13)7-8-14(18)17-9-3-5-12(10-17)15(19)20/h1-2,4,6-8,12H,3,5,9-10H2,(H,19,20). The Hall–Kier alpha value is -1.81. The van der Waals surface area contributed by atoms with Gasteiger partial charge >= 0.3 is 5.97 Å². The Bertz CT molecular complexity index is 542. The van der Waals surface area contributed by atoms with Gasteiger partial charge in [-0.25, -0.2) is 0 Å². The second kappa shape index (κ2) is 6.57. The molecule has 0 radical (unpaired) electrons. The van der Waals surface area contributed by atoms with Crippen molar-refractivity contribution in [1.82, 2.24) is 4.90 Å². The summed E-state index contributed by atoms with van der Waals surface area (Å²) in [5.74, 6) is -1.46. The molecule has 1 aromatic carbocycles. The summed E-state index contributed by atoms with van der Waals surface area (Å²) in [7, 11) is 0. The number of carboxylic acid groups (broad SMARTS) is 1. The highest BCUT2D eigenvalue weighted by atomic mass is 35.5. The van der Waals surface area contributed by atoms with Crippen LogP contribution >= 0.6 is 11.6 Å². The molecule has 1 heterocycles.